The van der Waals surface area contributed by atoms with Gasteiger partial charge in [-0.1, -0.05) is 29.8 Å². The Labute approximate surface area is 240 Å². The van der Waals surface area contributed by atoms with Gasteiger partial charge in [0, 0.05) is 19.7 Å². The molecule has 14 heteroatoms. The summed E-state index contributed by atoms with van der Waals surface area (Å²) in [5.41, 5.74) is 6.65. The quantitative estimate of drug-likeness (QED) is 0.110. The number of guanidine groups is 1. The maximum Gasteiger partial charge on any atom is 0.342 e. The minimum absolute atomic E-state index is 0.0681. The summed E-state index contributed by atoms with van der Waals surface area (Å²) in [4.78, 5) is 28.7. The maximum absolute atomic E-state index is 12.7. The molecule has 0 spiro atoms. The highest BCUT2D eigenvalue weighted by Crippen LogP contribution is 2.31. The van der Waals surface area contributed by atoms with Gasteiger partial charge in [-0.15, -0.1) is 15.8 Å². The Balaban J connectivity index is 1.43. The number of halogens is 2. The van der Waals surface area contributed by atoms with E-state index in [9.17, 15) is 14.7 Å². The van der Waals surface area contributed by atoms with Crippen molar-refractivity contribution < 1.29 is 14.7 Å². The monoisotopic (exact) mass is 660 g/mol. The van der Waals surface area contributed by atoms with Crippen LogP contribution in [0.15, 0.2) is 76.8 Å². The number of carbonyl (C=O) groups is 2. The smallest absolute Gasteiger partial charge is 0.342 e. The first-order valence-corrected chi connectivity index (χ1v) is 12.9. The third-order valence-electron chi connectivity index (χ3n) is 5.54. The van der Waals surface area contributed by atoms with Gasteiger partial charge >= 0.3 is 12.0 Å². The van der Waals surface area contributed by atoms with Crippen molar-refractivity contribution in [2.45, 2.75) is 6.42 Å². The lowest BCUT2D eigenvalue weighted by Crippen LogP contribution is -2.54. The number of carboxylic acid groups (broad SMARTS) is 1. The average molecular weight is 661 g/mol. The number of nitrogens with zero attached hydrogens (tertiary/aromatic N) is 5. The lowest BCUT2D eigenvalue weighted by Gasteiger charge is -2.27. The number of hydrogen-bond donors (Lipinski definition) is 4. The summed E-state index contributed by atoms with van der Waals surface area (Å²) in [5, 5.41) is 20.4. The molecule has 0 aliphatic carbocycles. The Morgan fingerprint density at radius 2 is 1.92 bits per heavy atom. The number of hydrazine groups is 3. The molecule has 2 heterocycles. The van der Waals surface area contributed by atoms with Crippen LogP contribution in [0, 0.1) is 3.57 Å². The number of hydrogen-bond acceptors (Lipinski definition) is 8. The predicted molar refractivity (Wildman–Crippen MR) is 157 cm³/mol. The van der Waals surface area contributed by atoms with Crippen molar-refractivity contribution in [2.75, 3.05) is 10.0 Å². The van der Waals surface area contributed by atoms with Crippen molar-refractivity contribution in [2.24, 2.45) is 15.9 Å². The summed E-state index contributed by atoms with van der Waals surface area (Å²) in [6.45, 7) is 0. The number of thiocarbonyl (C=S) groups is 1. The van der Waals surface area contributed by atoms with Crippen molar-refractivity contribution >= 4 is 86.6 Å². The third kappa shape index (κ3) is 5.32. The fourth-order valence-corrected chi connectivity index (χ4v) is 4.53. The molecule has 0 saturated heterocycles. The first-order chi connectivity index (χ1) is 18.2. The molecule has 0 aromatic heterocycles. The molecule has 38 heavy (non-hydrogen) atoms. The molecule has 5 rings (SSSR count). The zero-order chi connectivity index (χ0) is 27.0. The number of amides is 2. The molecule has 3 aromatic carbocycles. The standard InChI is InChI=1S/C24H18ClIN8O3S/c25-15-3-1-2-14(12-15)21-18-10-13(11-20(35)36)4-9-19(18)33-22(28-21)30-34(31-33)24(38)29-23(37)32(27)17-7-5-16(26)6-8-17/h1-10,12,31H,11,27H2,(H,35,36)(H,29,37,38). The minimum atomic E-state index is -0.949. The van der Waals surface area contributed by atoms with Gasteiger partial charge in [-0.05, 0) is 88.9 Å². The minimum Gasteiger partial charge on any atom is -0.481 e. The van der Waals surface area contributed by atoms with Crippen molar-refractivity contribution in [3.8, 4) is 0 Å². The van der Waals surface area contributed by atoms with E-state index < -0.39 is 12.0 Å². The van der Waals surface area contributed by atoms with E-state index in [1.54, 1.807) is 53.5 Å². The van der Waals surface area contributed by atoms with Crippen LogP contribution in [0.25, 0.3) is 0 Å². The van der Waals surface area contributed by atoms with Gasteiger partial charge in [0.05, 0.1) is 23.5 Å². The van der Waals surface area contributed by atoms with Crippen LogP contribution < -0.4 is 26.7 Å². The number of nitrogens with one attached hydrogen (secondary N) is 2. The van der Waals surface area contributed by atoms with E-state index in [1.807, 2.05) is 18.2 Å². The lowest BCUT2D eigenvalue weighted by molar-refractivity contribution is -0.136. The van der Waals surface area contributed by atoms with Gasteiger partial charge in [0.2, 0.25) is 5.11 Å². The molecule has 2 amide bonds. The van der Waals surface area contributed by atoms with E-state index in [2.05, 4.69) is 38.5 Å². The van der Waals surface area contributed by atoms with E-state index in [-0.39, 0.29) is 17.5 Å². The molecule has 0 saturated carbocycles. The summed E-state index contributed by atoms with van der Waals surface area (Å²) in [5.74, 6) is 5.26. The summed E-state index contributed by atoms with van der Waals surface area (Å²) < 4.78 is 0.998. The number of carbonyl (C=O) groups excluding carboxylic acids is 1. The van der Waals surface area contributed by atoms with Crippen LogP contribution in [-0.4, -0.2) is 39.0 Å². The van der Waals surface area contributed by atoms with E-state index in [4.69, 9.17) is 34.7 Å². The molecule has 11 nitrogen and oxygen atoms in total. The summed E-state index contributed by atoms with van der Waals surface area (Å²) in [7, 11) is 0. The fraction of sp³-hybridized carbons (Fsp3) is 0.0417. The number of anilines is 2. The van der Waals surface area contributed by atoms with Gasteiger partial charge in [0.15, 0.2) is 0 Å². The van der Waals surface area contributed by atoms with Crippen LogP contribution in [-0.2, 0) is 11.2 Å². The van der Waals surface area contributed by atoms with Gasteiger partial charge in [-0.25, -0.2) is 25.6 Å². The van der Waals surface area contributed by atoms with Crippen molar-refractivity contribution in [3.05, 3.63) is 92.0 Å². The van der Waals surface area contributed by atoms with Crippen LogP contribution in [0.3, 0.4) is 0 Å². The second-order valence-corrected chi connectivity index (χ2v) is 10.2. The molecule has 5 N–H and O–H groups in total. The summed E-state index contributed by atoms with van der Waals surface area (Å²) in [6, 6.07) is 18.8. The van der Waals surface area contributed by atoms with Crippen molar-refractivity contribution in [1.82, 2.24) is 16.0 Å². The third-order valence-corrected chi connectivity index (χ3v) is 6.77. The number of urea groups is 1. The van der Waals surface area contributed by atoms with Gasteiger partial charge in [0.25, 0.3) is 5.96 Å². The van der Waals surface area contributed by atoms with Gasteiger partial charge < -0.3 is 5.11 Å². The molecule has 2 aliphatic heterocycles. The maximum atomic E-state index is 12.7. The van der Waals surface area contributed by atoms with Crippen molar-refractivity contribution in [1.29, 1.82) is 0 Å². The molecule has 0 bridgehead atoms. The van der Waals surface area contributed by atoms with Crippen molar-refractivity contribution in [3.63, 3.8) is 0 Å². The van der Waals surface area contributed by atoms with Crippen LogP contribution in [0.1, 0.15) is 16.7 Å². The van der Waals surface area contributed by atoms with Crippen LogP contribution in [0.2, 0.25) is 5.02 Å². The van der Waals surface area contributed by atoms with Gasteiger partial charge in [-0.3, -0.25) is 10.1 Å². The zero-order valence-electron chi connectivity index (χ0n) is 19.3. The Morgan fingerprint density at radius 3 is 2.63 bits per heavy atom. The highest BCUT2D eigenvalue weighted by atomic mass is 127. The molecule has 3 aromatic rings. The highest BCUT2D eigenvalue weighted by molar-refractivity contribution is 14.1. The number of nitrogens with two attached hydrogens (primary N) is 1. The number of aliphatic imine (C=N–C) groups is 1. The van der Waals surface area contributed by atoms with E-state index in [0.29, 0.717) is 33.2 Å². The van der Waals surface area contributed by atoms with E-state index in [0.717, 1.165) is 14.1 Å². The number of hydrazone groups is 1. The Morgan fingerprint density at radius 1 is 1.16 bits per heavy atom. The first-order valence-electron chi connectivity index (χ1n) is 11.0. The van der Waals surface area contributed by atoms with Crippen LogP contribution in [0.4, 0.5) is 16.2 Å². The first kappa shape index (κ1) is 26.0. The second-order valence-electron chi connectivity index (χ2n) is 8.12. The second kappa shape index (κ2) is 10.6. The fourth-order valence-electron chi connectivity index (χ4n) is 3.81. The van der Waals surface area contributed by atoms with E-state index in [1.165, 1.54) is 5.12 Å². The molecular formula is C24H18ClIN8O3S. The number of rotatable bonds is 4. The van der Waals surface area contributed by atoms with Crippen LogP contribution in [0.5, 0.6) is 0 Å². The summed E-state index contributed by atoms with van der Waals surface area (Å²) >= 11 is 13.8. The number of carboxylic acids is 1. The largest absolute Gasteiger partial charge is 0.481 e. The number of fused-ring (bicyclic) bond motifs is 3. The predicted octanol–water partition coefficient (Wildman–Crippen LogP) is 3.61. The highest BCUT2D eigenvalue weighted by Gasteiger charge is 2.34. The normalized spacial score (nSPS) is 13.8. The molecule has 0 unspecified atom stereocenters. The van der Waals surface area contributed by atoms with Gasteiger partial charge in [-0.2, -0.15) is 0 Å². The summed E-state index contributed by atoms with van der Waals surface area (Å²) in [6.07, 6.45) is -0.150. The SMILES string of the molecule is NN(C(=O)NC(=S)N1N=C2N=C(c3cccc(Cl)c3)c3cc(CC(=O)O)ccc3N2N1)c1ccc(I)cc1. The number of benzene rings is 3. The van der Waals surface area contributed by atoms with E-state index >= 15 is 0 Å². The molecular weight excluding hydrogens is 643 g/mol. The Bertz CT molecular complexity index is 1530. The van der Waals surface area contributed by atoms with Gasteiger partial charge in [0.1, 0.15) is 0 Å². The lowest BCUT2D eigenvalue weighted by atomic mass is 9.96. The Kier molecular flexibility index (Phi) is 7.27. The molecule has 0 radical (unpaired) electrons. The zero-order valence-corrected chi connectivity index (χ0v) is 23.0. The molecule has 0 atom stereocenters. The topological polar surface area (TPSA) is 139 Å². The van der Waals surface area contributed by atoms with Crippen LogP contribution >= 0.6 is 46.4 Å². The molecule has 192 valence electrons. The Hall–Kier alpha value is -3.63. The number of aliphatic carboxylic acids is 1. The molecule has 2 aliphatic rings. The molecule has 0 fully saturated rings. The average Bonchev–Trinajstić information content (AvgIpc) is 3.32.